The minimum absolute atomic E-state index is 0.0357. The molecule has 29 heavy (non-hydrogen) atoms. The monoisotopic (exact) mass is 447 g/mol. The van der Waals surface area contributed by atoms with Gasteiger partial charge in [0, 0.05) is 17.1 Å². The molecule has 0 saturated carbocycles. The molecule has 0 aliphatic carbocycles. The van der Waals surface area contributed by atoms with Crippen molar-refractivity contribution in [2.75, 3.05) is 13.7 Å². The van der Waals surface area contributed by atoms with Crippen molar-refractivity contribution in [3.63, 3.8) is 0 Å². The average molecular weight is 448 g/mol. The first kappa shape index (κ1) is 21.7. The highest BCUT2D eigenvalue weighted by Crippen LogP contribution is 2.35. The number of benzene rings is 2. The fourth-order valence-corrected chi connectivity index (χ4v) is 4.32. The van der Waals surface area contributed by atoms with Crippen LogP contribution < -0.4 is 9.47 Å². The Morgan fingerprint density at radius 3 is 2.72 bits per heavy atom. The third-order valence-electron chi connectivity index (χ3n) is 4.44. The normalized spacial score (nSPS) is 15.3. The van der Waals surface area contributed by atoms with Crippen molar-refractivity contribution in [1.82, 2.24) is 4.90 Å². The van der Waals surface area contributed by atoms with Crippen molar-refractivity contribution in [2.45, 2.75) is 26.4 Å². The second kappa shape index (κ2) is 10.1. The van der Waals surface area contributed by atoms with E-state index in [4.69, 9.17) is 33.3 Å². The van der Waals surface area contributed by atoms with Gasteiger partial charge < -0.3 is 9.47 Å². The predicted molar refractivity (Wildman–Crippen MR) is 124 cm³/mol. The van der Waals surface area contributed by atoms with Gasteiger partial charge in [-0.2, -0.15) is 0 Å². The number of thiocarbonyl (C=S) groups is 1. The summed E-state index contributed by atoms with van der Waals surface area (Å²) in [6, 6.07) is 13.1. The number of nitrogens with zero attached hydrogens (tertiary/aromatic N) is 1. The van der Waals surface area contributed by atoms with E-state index in [-0.39, 0.29) is 5.91 Å². The fraction of sp³-hybridized carbons (Fsp3) is 0.273. The molecule has 2 aromatic rings. The summed E-state index contributed by atoms with van der Waals surface area (Å²) in [5.74, 6) is 1.17. The molecule has 3 rings (SSSR count). The molecule has 0 N–H and O–H groups in total. The molecule has 1 amide bonds. The second-order valence-corrected chi connectivity index (χ2v) is 8.56. The topological polar surface area (TPSA) is 38.8 Å². The van der Waals surface area contributed by atoms with Gasteiger partial charge in [-0.1, -0.05) is 73.2 Å². The Hall–Kier alpha value is -2.02. The lowest BCUT2D eigenvalue weighted by molar-refractivity contribution is -0.122. The molecule has 152 valence electrons. The highest BCUT2D eigenvalue weighted by Gasteiger charge is 2.31. The molecule has 1 saturated heterocycles. The maximum absolute atomic E-state index is 12.6. The summed E-state index contributed by atoms with van der Waals surface area (Å²) in [5.41, 5.74) is 1.75. The third kappa shape index (κ3) is 5.32. The van der Waals surface area contributed by atoms with Crippen LogP contribution in [-0.4, -0.2) is 28.8 Å². The van der Waals surface area contributed by atoms with Gasteiger partial charge in [0.25, 0.3) is 5.91 Å². The van der Waals surface area contributed by atoms with Gasteiger partial charge in [0.15, 0.2) is 11.5 Å². The Labute approximate surface area is 185 Å². The lowest BCUT2D eigenvalue weighted by Gasteiger charge is -2.13. The van der Waals surface area contributed by atoms with E-state index in [1.165, 1.54) is 11.8 Å². The van der Waals surface area contributed by atoms with Crippen LogP contribution in [0, 0.1) is 0 Å². The van der Waals surface area contributed by atoms with E-state index in [1.54, 1.807) is 12.0 Å². The summed E-state index contributed by atoms with van der Waals surface area (Å²) in [6.45, 7) is 3.09. The molecule has 0 unspecified atom stereocenters. The van der Waals surface area contributed by atoms with Gasteiger partial charge >= 0.3 is 0 Å². The minimum atomic E-state index is -0.0357. The first-order chi connectivity index (χ1) is 14.0. The van der Waals surface area contributed by atoms with Crippen LogP contribution in [0.25, 0.3) is 6.08 Å². The van der Waals surface area contributed by atoms with Gasteiger partial charge in [-0.05, 0) is 36.3 Å². The highest BCUT2D eigenvalue weighted by molar-refractivity contribution is 8.26. The van der Waals surface area contributed by atoms with Crippen LogP contribution >= 0.6 is 35.6 Å². The van der Waals surface area contributed by atoms with Crippen LogP contribution in [0.1, 0.15) is 30.9 Å². The van der Waals surface area contributed by atoms with Crippen LogP contribution in [0.15, 0.2) is 47.4 Å². The summed E-state index contributed by atoms with van der Waals surface area (Å²) < 4.78 is 12.0. The maximum Gasteiger partial charge on any atom is 0.266 e. The van der Waals surface area contributed by atoms with Gasteiger partial charge in [-0.25, -0.2) is 0 Å². The van der Waals surface area contributed by atoms with Gasteiger partial charge in [0.1, 0.15) is 10.9 Å². The highest BCUT2D eigenvalue weighted by atomic mass is 35.5. The largest absolute Gasteiger partial charge is 0.493 e. The predicted octanol–water partition coefficient (Wildman–Crippen LogP) is 5.93. The van der Waals surface area contributed by atoms with Crippen molar-refractivity contribution in [2.24, 2.45) is 0 Å². The summed E-state index contributed by atoms with van der Waals surface area (Å²) >= 11 is 12.9. The molecule has 1 heterocycles. The second-order valence-electron chi connectivity index (χ2n) is 6.48. The number of halogens is 1. The van der Waals surface area contributed by atoms with Crippen molar-refractivity contribution in [3.05, 3.63) is 63.5 Å². The number of rotatable bonds is 8. The van der Waals surface area contributed by atoms with Crippen molar-refractivity contribution >= 4 is 51.9 Å². The Bertz CT molecular complexity index is 945. The lowest BCUT2D eigenvalue weighted by Crippen LogP contribution is -2.28. The number of methoxy groups -OCH3 is 1. The van der Waals surface area contributed by atoms with Crippen molar-refractivity contribution in [1.29, 1.82) is 0 Å². The zero-order valence-corrected chi connectivity index (χ0v) is 18.7. The van der Waals surface area contributed by atoms with Crippen LogP contribution in [-0.2, 0) is 11.4 Å². The number of amides is 1. The lowest BCUT2D eigenvalue weighted by atomic mass is 10.1. The number of thioether (sulfide) groups is 1. The molecule has 1 fully saturated rings. The van der Waals surface area contributed by atoms with E-state index in [1.807, 2.05) is 48.5 Å². The number of hydrogen-bond donors (Lipinski definition) is 0. The molecule has 0 spiro atoms. The molecular weight excluding hydrogens is 426 g/mol. The summed E-state index contributed by atoms with van der Waals surface area (Å²) in [6.07, 6.45) is 3.79. The Morgan fingerprint density at radius 2 is 2.00 bits per heavy atom. The van der Waals surface area contributed by atoms with Crippen LogP contribution in [0.3, 0.4) is 0 Å². The van der Waals surface area contributed by atoms with Crippen LogP contribution in [0.4, 0.5) is 0 Å². The summed E-state index contributed by atoms with van der Waals surface area (Å²) in [7, 11) is 1.59. The van der Waals surface area contributed by atoms with E-state index >= 15 is 0 Å². The fourth-order valence-electron chi connectivity index (χ4n) is 2.82. The van der Waals surface area contributed by atoms with E-state index in [0.717, 1.165) is 24.0 Å². The number of hydrogen-bond acceptors (Lipinski definition) is 5. The Morgan fingerprint density at radius 1 is 1.21 bits per heavy atom. The number of carbonyl (C=O) groups is 1. The molecule has 0 atom stereocenters. The standard InChI is InChI=1S/C22H22ClNO3S2/c1-3-4-11-24-21(25)20(29-22(24)28)13-15-9-10-18(19(12-15)26-2)27-14-16-7-5-6-8-17(16)23/h5-10,12-13H,3-4,11,14H2,1-2H3/b20-13-. The average Bonchev–Trinajstić information content (AvgIpc) is 2.99. The molecule has 0 radical (unpaired) electrons. The molecule has 1 aliphatic heterocycles. The molecule has 2 aromatic carbocycles. The molecule has 1 aliphatic rings. The van der Waals surface area contributed by atoms with Gasteiger partial charge in [0.2, 0.25) is 0 Å². The third-order valence-corrected chi connectivity index (χ3v) is 6.18. The van der Waals surface area contributed by atoms with Crippen molar-refractivity contribution in [3.8, 4) is 11.5 Å². The first-order valence-corrected chi connectivity index (χ1v) is 10.9. The SMILES string of the molecule is CCCCN1C(=O)/C(=C/c2ccc(OCc3ccccc3Cl)c(OC)c2)SC1=S. The first-order valence-electron chi connectivity index (χ1n) is 9.33. The van der Waals surface area contributed by atoms with Crippen molar-refractivity contribution < 1.29 is 14.3 Å². The van der Waals surface area contributed by atoms with E-state index in [2.05, 4.69) is 6.92 Å². The van der Waals surface area contributed by atoms with Crippen LogP contribution in [0.5, 0.6) is 11.5 Å². The summed E-state index contributed by atoms with van der Waals surface area (Å²) in [5, 5.41) is 0.660. The Balaban J connectivity index is 1.75. The zero-order chi connectivity index (χ0) is 20.8. The smallest absolute Gasteiger partial charge is 0.266 e. The Kier molecular flexibility index (Phi) is 7.58. The molecular formula is C22H22ClNO3S2. The zero-order valence-electron chi connectivity index (χ0n) is 16.3. The maximum atomic E-state index is 12.6. The van der Waals surface area contributed by atoms with Gasteiger partial charge in [-0.3, -0.25) is 9.69 Å². The number of ether oxygens (including phenoxy) is 2. The molecule has 7 heteroatoms. The minimum Gasteiger partial charge on any atom is -0.493 e. The quantitative estimate of drug-likeness (QED) is 0.370. The van der Waals surface area contributed by atoms with Crippen LogP contribution in [0.2, 0.25) is 5.02 Å². The van der Waals surface area contributed by atoms with Gasteiger partial charge in [0.05, 0.1) is 12.0 Å². The van der Waals surface area contributed by atoms with E-state index in [0.29, 0.717) is 38.9 Å². The molecule has 4 nitrogen and oxygen atoms in total. The number of carbonyl (C=O) groups excluding carboxylic acids is 1. The van der Waals surface area contributed by atoms with E-state index in [9.17, 15) is 4.79 Å². The summed E-state index contributed by atoms with van der Waals surface area (Å²) in [4.78, 5) is 14.9. The van der Waals surface area contributed by atoms with Gasteiger partial charge in [-0.15, -0.1) is 0 Å². The molecule has 0 bridgehead atoms. The number of unbranched alkanes of at least 4 members (excludes halogenated alkanes) is 1. The van der Waals surface area contributed by atoms with E-state index < -0.39 is 0 Å². The molecule has 0 aromatic heterocycles.